The van der Waals surface area contributed by atoms with E-state index in [1.54, 1.807) is 18.2 Å². The fraction of sp³-hybridized carbons (Fsp3) is 0.133. The Labute approximate surface area is 112 Å². The van der Waals surface area contributed by atoms with Gasteiger partial charge in [0.15, 0.2) is 0 Å². The van der Waals surface area contributed by atoms with Gasteiger partial charge in [-0.1, -0.05) is 12.1 Å². The number of benzene rings is 2. The fourth-order valence-corrected chi connectivity index (χ4v) is 1.82. The fourth-order valence-electron chi connectivity index (χ4n) is 1.82. The van der Waals surface area contributed by atoms with Gasteiger partial charge in [0, 0.05) is 17.4 Å². The smallest absolute Gasteiger partial charge is 0.259 e. The Balaban J connectivity index is 2.25. The molecule has 0 aliphatic rings. The molecule has 4 heteroatoms. The first kappa shape index (κ1) is 13.0. The van der Waals surface area contributed by atoms with E-state index in [0.29, 0.717) is 17.0 Å². The van der Waals surface area contributed by atoms with Crippen molar-refractivity contribution in [2.75, 3.05) is 18.2 Å². The summed E-state index contributed by atoms with van der Waals surface area (Å²) in [5.41, 5.74) is 8.52. The van der Waals surface area contributed by atoms with Gasteiger partial charge in [0.05, 0.1) is 12.7 Å². The number of anilines is 2. The average Bonchev–Trinajstić information content (AvgIpc) is 2.38. The van der Waals surface area contributed by atoms with Crippen molar-refractivity contribution in [1.29, 1.82) is 0 Å². The Bertz CT molecular complexity index is 609. The van der Waals surface area contributed by atoms with Gasteiger partial charge < -0.3 is 15.8 Å². The number of rotatable bonds is 3. The highest BCUT2D eigenvalue weighted by molar-refractivity contribution is 6.06. The summed E-state index contributed by atoms with van der Waals surface area (Å²) in [6, 6.07) is 12.6. The first-order valence-electron chi connectivity index (χ1n) is 5.91. The number of hydrogen-bond donors (Lipinski definition) is 2. The molecule has 0 heterocycles. The highest BCUT2D eigenvalue weighted by Gasteiger charge is 2.12. The van der Waals surface area contributed by atoms with Gasteiger partial charge in [-0.05, 0) is 36.8 Å². The van der Waals surface area contributed by atoms with E-state index in [-0.39, 0.29) is 5.91 Å². The van der Waals surface area contributed by atoms with Crippen molar-refractivity contribution in [3.63, 3.8) is 0 Å². The first-order chi connectivity index (χ1) is 9.10. The maximum atomic E-state index is 12.2. The van der Waals surface area contributed by atoms with Crippen molar-refractivity contribution in [3.05, 3.63) is 53.6 Å². The van der Waals surface area contributed by atoms with Crippen LogP contribution in [0.1, 0.15) is 15.9 Å². The van der Waals surface area contributed by atoms with Crippen molar-refractivity contribution in [2.45, 2.75) is 6.92 Å². The molecule has 0 saturated heterocycles. The van der Waals surface area contributed by atoms with Crippen LogP contribution in [0.5, 0.6) is 5.75 Å². The third-order valence-corrected chi connectivity index (χ3v) is 2.75. The van der Waals surface area contributed by atoms with E-state index in [2.05, 4.69) is 5.32 Å². The van der Waals surface area contributed by atoms with Gasteiger partial charge in [-0.25, -0.2) is 0 Å². The number of nitrogen functional groups attached to an aromatic ring is 1. The van der Waals surface area contributed by atoms with Crippen molar-refractivity contribution < 1.29 is 9.53 Å². The zero-order valence-electron chi connectivity index (χ0n) is 10.9. The van der Waals surface area contributed by atoms with Crippen LogP contribution in [-0.2, 0) is 0 Å². The van der Waals surface area contributed by atoms with Crippen LogP contribution in [0.4, 0.5) is 11.4 Å². The van der Waals surface area contributed by atoms with E-state index in [9.17, 15) is 4.79 Å². The lowest BCUT2D eigenvalue weighted by molar-refractivity contribution is 0.102. The largest absolute Gasteiger partial charge is 0.496 e. The highest BCUT2D eigenvalue weighted by atomic mass is 16.5. The maximum absolute atomic E-state index is 12.2. The predicted octanol–water partition coefficient (Wildman–Crippen LogP) is 2.84. The number of aryl methyl sites for hydroxylation is 1. The lowest BCUT2D eigenvalue weighted by atomic mass is 10.1. The summed E-state index contributed by atoms with van der Waals surface area (Å²) in [6.07, 6.45) is 0. The van der Waals surface area contributed by atoms with Crippen LogP contribution >= 0.6 is 0 Å². The molecule has 0 saturated carbocycles. The average molecular weight is 256 g/mol. The van der Waals surface area contributed by atoms with Crippen LogP contribution in [0.15, 0.2) is 42.5 Å². The Hall–Kier alpha value is -2.49. The number of nitrogens with two attached hydrogens (primary N) is 1. The second-order valence-corrected chi connectivity index (χ2v) is 4.28. The van der Waals surface area contributed by atoms with Crippen LogP contribution in [0.3, 0.4) is 0 Å². The number of nitrogens with one attached hydrogen (secondary N) is 1. The molecule has 19 heavy (non-hydrogen) atoms. The van der Waals surface area contributed by atoms with Crippen molar-refractivity contribution in [2.24, 2.45) is 0 Å². The van der Waals surface area contributed by atoms with Gasteiger partial charge in [-0.3, -0.25) is 4.79 Å². The van der Waals surface area contributed by atoms with Gasteiger partial charge in [0.2, 0.25) is 0 Å². The molecule has 0 aliphatic carbocycles. The molecule has 1 amide bonds. The minimum atomic E-state index is -0.220. The topological polar surface area (TPSA) is 64.3 Å². The molecule has 0 spiro atoms. The number of ether oxygens (including phenoxy) is 1. The molecule has 0 bridgehead atoms. The third kappa shape index (κ3) is 3.04. The summed E-state index contributed by atoms with van der Waals surface area (Å²) in [5, 5.41) is 2.83. The van der Waals surface area contributed by atoms with Gasteiger partial charge in [0.25, 0.3) is 5.91 Å². The van der Waals surface area contributed by atoms with Crippen LogP contribution in [-0.4, -0.2) is 13.0 Å². The Morgan fingerprint density at radius 2 is 2.00 bits per heavy atom. The minimum Gasteiger partial charge on any atom is -0.496 e. The molecule has 98 valence electrons. The zero-order chi connectivity index (χ0) is 13.8. The third-order valence-electron chi connectivity index (χ3n) is 2.75. The molecular weight excluding hydrogens is 240 g/mol. The van der Waals surface area contributed by atoms with Crippen molar-refractivity contribution in [1.82, 2.24) is 0 Å². The number of methoxy groups -OCH3 is 1. The van der Waals surface area contributed by atoms with Crippen LogP contribution in [0.2, 0.25) is 0 Å². The molecular formula is C15H16N2O2. The molecule has 2 rings (SSSR count). The summed E-state index contributed by atoms with van der Waals surface area (Å²) >= 11 is 0. The molecule has 0 aromatic heterocycles. The van der Waals surface area contributed by atoms with E-state index in [4.69, 9.17) is 10.5 Å². The highest BCUT2D eigenvalue weighted by Crippen LogP contribution is 2.22. The van der Waals surface area contributed by atoms with Gasteiger partial charge in [-0.2, -0.15) is 0 Å². The normalized spacial score (nSPS) is 10.0. The second-order valence-electron chi connectivity index (χ2n) is 4.28. The molecule has 3 N–H and O–H groups in total. The molecule has 0 fully saturated rings. The minimum absolute atomic E-state index is 0.220. The predicted molar refractivity (Wildman–Crippen MR) is 76.5 cm³/mol. The van der Waals surface area contributed by atoms with Gasteiger partial charge in [-0.15, -0.1) is 0 Å². The maximum Gasteiger partial charge on any atom is 0.259 e. The van der Waals surface area contributed by atoms with E-state index >= 15 is 0 Å². The summed E-state index contributed by atoms with van der Waals surface area (Å²) in [4.78, 5) is 12.2. The van der Waals surface area contributed by atoms with Crippen LogP contribution in [0, 0.1) is 6.92 Å². The van der Waals surface area contributed by atoms with Gasteiger partial charge >= 0.3 is 0 Å². The van der Waals surface area contributed by atoms with Crippen molar-refractivity contribution >= 4 is 17.3 Å². The summed E-state index contributed by atoms with van der Waals surface area (Å²) < 4.78 is 5.17. The lowest BCUT2D eigenvalue weighted by Gasteiger charge is -2.10. The molecule has 0 aliphatic heterocycles. The first-order valence-corrected chi connectivity index (χ1v) is 5.91. The Morgan fingerprint density at radius 3 is 2.68 bits per heavy atom. The lowest BCUT2D eigenvalue weighted by Crippen LogP contribution is -2.13. The van der Waals surface area contributed by atoms with E-state index in [0.717, 1.165) is 11.3 Å². The second kappa shape index (κ2) is 5.44. The number of hydrogen-bond acceptors (Lipinski definition) is 3. The monoisotopic (exact) mass is 256 g/mol. The number of carbonyl (C=O) groups excluding carboxylic acids is 1. The quantitative estimate of drug-likeness (QED) is 0.830. The SMILES string of the molecule is COc1cc(N)ccc1C(=O)Nc1cccc(C)c1. The van der Waals surface area contributed by atoms with E-state index in [1.165, 1.54) is 7.11 Å². The van der Waals surface area contributed by atoms with Crippen LogP contribution < -0.4 is 15.8 Å². The summed E-state index contributed by atoms with van der Waals surface area (Å²) in [7, 11) is 1.51. The summed E-state index contributed by atoms with van der Waals surface area (Å²) in [5.74, 6) is 0.243. The van der Waals surface area contributed by atoms with Crippen molar-refractivity contribution in [3.8, 4) is 5.75 Å². The standard InChI is InChI=1S/C15H16N2O2/c1-10-4-3-5-12(8-10)17-15(18)13-7-6-11(16)9-14(13)19-2/h3-9H,16H2,1-2H3,(H,17,18). The van der Waals surface area contributed by atoms with E-state index < -0.39 is 0 Å². The number of amides is 1. The van der Waals surface area contributed by atoms with Gasteiger partial charge in [0.1, 0.15) is 5.75 Å². The zero-order valence-corrected chi connectivity index (χ0v) is 10.9. The number of carbonyl (C=O) groups is 1. The molecule has 0 unspecified atom stereocenters. The van der Waals surface area contributed by atoms with Crippen LogP contribution in [0.25, 0.3) is 0 Å². The molecule has 0 radical (unpaired) electrons. The molecule has 0 atom stereocenters. The molecule has 4 nitrogen and oxygen atoms in total. The Kier molecular flexibility index (Phi) is 3.71. The summed E-state index contributed by atoms with van der Waals surface area (Å²) in [6.45, 7) is 1.97. The Morgan fingerprint density at radius 1 is 1.21 bits per heavy atom. The molecule has 2 aromatic carbocycles. The van der Waals surface area contributed by atoms with E-state index in [1.807, 2.05) is 31.2 Å². The molecule has 2 aromatic rings.